The zero-order valence-corrected chi connectivity index (χ0v) is 34.8. The van der Waals surface area contributed by atoms with Crippen LogP contribution in [-0.2, 0) is 0 Å². The predicted octanol–water partition coefficient (Wildman–Crippen LogP) is 16.6. The molecule has 13 aromatic rings. The Morgan fingerprint density at radius 2 is 0.828 bits per heavy atom. The second-order valence-electron chi connectivity index (χ2n) is 16.6. The summed E-state index contributed by atoms with van der Waals surface area (Å²) in [6.45, 7) is 0. The van der Waals surface area contributed by atoms with Crippen LogP contribution in [0.5, 0.6) is 0 Å². The molecule has 0 unspecified atom stereocenters. The topological polar surface area (TPSA) is 26.2 Å². The summed E-state index contributed by atoms with van der Waals surface area (Å²) in [6.07, 6.45) is 0. The Morgan fingerprint density at radius 3 is 1.62 bits per heavy atom. The average molecular weight is 818 g/mol. The van der Waals surface area contributed by atoms with Gasteiger partial charge in [0, 0.05) is 50.0 Å². The van der Waals surface area contributed by atoms with Gasteiger partial charge in [-0.05, 0) is 136 Å². The monoisotopic (exact) mass is 817 g/mol. The summed E-state index contributed by atoms with van der Waals surface area (Å²) < 4.78 is 11.3. The molecule has 300 valence electrons. The van der Waals surface area contributed by atoms with Crippen LogP contribution in [0.15, 0.2) is 241 Å². The number of para-hydroxylation sites is 4. The summed E-state index contributed by atoms with van der Waals surface area (Å²) in [7, 11) is 0. The van der Waals surface area contributed by atoms with Gasteiger partial charge >= 0.3 is 0 Å². The Morgan fingerprint density at radius 1 is 0.312 bits per heavy atom. The molecule has 0 fully saturated rings. The van der Waals surface area contributed by atoms with Crippen molar-refractivity contribution in [3.05, 3.63) is 237 Å². The zero-order valence-electron chi connectivity index (χ0n) is 34.8. The van der Waals surface area contributed by atoms with Crippen LogP contribution in [0.25, 0.3) is 99.2 Å². The van der Waals surface area contributed by atoms with E-state index in [-0.39, 0.29) is 0 Å². The Hall–Kier alpha value is -8.60. The standard InChI is InChI=1S/C60H39N3O/c1-4-14-40(15-5-1)41-26-30-48(31-27-41)61(50-33-35-56-53(39-50)51-20-10-12-22-55(51)62(56)46-16-6-2-7-17-46)49-32-28-43-36-42(24-25-44(43)37-49)45-29-34-57-54(38-45)60-59(52-21-11-13-23-58(52)64-60)63(57)47-18-8-3-9-19-47/h1-39H. The van der Waals surface area contributed by atoms with Gasteiger partial charge in [-0.2, -0.15) is 0 Å². The van der Waals surface area contributed by atoms with E-state index >= 15 is 0 Å². The van der Waals surface area contributed by atoms with Gasteiger partial charge in [0.25, 0.3) is 0 Å². The third-order valence-corrected chi connectivity index (χ3v) is 12.9. The number of hydrogen-bond acceptors (Lipinski definition) is 2. The first-order valence-electron chi connectivity index (χ1n) is 21.8. The van der Waals surface area contributed by atoms with E-state index in [1.165, 1.54) is 43.7 Å². The first-order valence-corrected chi connectivity index (χ1v) is 21.8. The van der Waals surface area contributed by atoms with E-state index in [1.807, 2.05) is 6.07 Å². The average Bonchev–Trinajstić information content (AvgIpc) is 4.02. The van der Waals surface area contributed by atoms with Gasteiger partial charge < -0.3 is 18.5 Å². The smallest absolute Gasteiger partial charge is 0.161 e. The summed E-state index contributed by atoms with van der Waals surface area (Å²) in [4.78, 5) is 2.39. The van der Waals surface area contributed by atoms with Gasteiger partial charge in [0.05, 0.1) is 16.6 Å². The number of rotatable bonds is 7. The van der Waals surface area contributed by atoms with Gasteiger partial charge in [-0.15, -0.1) is 0 Å². The van der Waals surface area contributed by atoms with Gasteiger partial charge in [0.1, 0.15) is 11.1 Å². The molecule has 0 saturated heterocycles. The molecule has 0 atom stereocenters. The molecule has 0 bridgehead atoms. The van der Waals surface area contributed by atoms with Crippen LogP contribution in [0.3, 0.4) is 0 Å². The van der Waals surface area contributed by atoms with Crippen molar-refractivity contribution in [2.24, 2.45) is 0 Å². The first kappa shape index (κ1) is 36.1. The molecule has 0 spiro atoms. The van der Waals surface area contributed by atoms with Crippen molar-refractivity contribution in [1.82, 2.24) is 9.13 Å². The Bertz CT molecular complexity index is 3880. The molecule has 0 amide bonds. The third-order valence-electron chi connectivity index (χ3n) is 12.9. The van der Waals surface area contributed by atoms with Gasteiger partial charge in [0.15, 0.2) is 5.58 Å². The lowest BCUT2D eigenvalue weighted by Crippen LogP contribution is -2.10. The largest absolute Gasteiger partial charge is 0.454 e. The van der Waals surface area contributed by atoms with Crippen LogP contribution >= 0.6 is 0 Å². The maximum Gasteiger partial charge on any atom is 0.161 e. The highest BCUT2D eigenvalue weighted by atomic mass is 16.3. The molecular weight excluding hydrogens is 779 g/mol. The van der Waals surface area contributed by atoms with E-state index in [0.717, 1.165) is 72.5 Å². The molecule has 0 radical (unpaired) electrons. The highest BCUT2D eigenvalue weighted by molar-refractivity contribution is 6.17. The molecule has 0 saturated carbocycles. The maximum absolute atomic E-state index is 6.61. The third kappa shape index (κ3) is 5.77. The highest BCUT2D eigenvalue weighted by Gasteiger charge is 2.21. The predicted molar refractivity (Wildman–Crippen MR) is 268 cm³/mol. The van der Waals surface area contributed by atoms with Gasteiger partial charge in [0.2, 0.25) is 0 Å². The number of aromatic nitrogens is 2. The summed E-state index contributed by atoms with van der Waals surface area (Å²) >= 11 is 0. The van der Waals surface area contributed by atoms with Gasteiger partial charge in [-0.25, -0.2) is 0 Å². The maximum atomic E-state index is 6.61. The minimum absolute atomic E-state index is 0.894. The Kier molecular flexibility index (Phi) is 8.18. The van der Waals surface area contributed by atoms with E-state index in [4.69, 9.17) is 4.42 Å². The summed E-state index contributed by atoms with van der Waals surface area (Å²) in [5.74, 6) is 0. The number of benzene rings is 10. The fourth-order valence-corrected chi connectivity index (χ4v) is 9.88. The molecule has 0 aliphatic rings. The normalized spacial score (nSPS) is 11.8. The number of anilines is 3. The second-order valence-corrected chi connectivity index (χ2v) is 16.6. The molecule has 0 aliphatic heterocycles. The summed E-state index contributed by atoms with van der Waals surface area (Å²) in [5, 5.41) is 7.00. The Labute approximate surface area is 369 Å². The van der Waals surface area contributed by atoms with E-state index in [2.05, 4.69) is 245 Å². The zero-order chi connectivity index (χ0) is 42.1. The lowest BCUT2D eigenvalue weighted by molar-refractivity contribution is 0.673. The van der Waals surface area contributed by atoms with Crippen molar-refractivity contribution in [3.63, 3.8) is 0 Å². The van der Waals surface area contributed by atoms with E-state index in [0.29, 0.717) is 0 Å². The van der Waals surface area contributed by atoms with Crippen molar-refractivity contribution in [1.29, 1.82) is 0 Å². The number of furan rings is 1. The van der Waals surface area contributed by atoms with Crippen LogP contribution in [0.1, 0.15) is 0 Å². The SMILES string of the molecule is c1ccc(-c2ccc(N(c3ccc4cc(-c5ccc6c(c5)c5oc7ccccc7c5n6-c5ccccc5)ccc4c3)c3ccc4c(c3)c3ccccc3n4-c3ccccc3)cc2)cc1. The Balaban J connectivity index is 0.935. The highest BCUT2D eigenvalue weighted by Crippen LogP contribution is 2.43. The van der Waals surface area contributed by atoms with Crippen molar-refractivity contribution in [2.75, 3.05) is 4.90 Å². The molecule has 4 heteroatoms. The fraction of sp³-hybridized carbons (Fsp3) is 0. The molecule has 64 heavy (non-hydrogen) atoms. The molecule has 13 rings (SSSR count). The summed E-state index contributed by atoms with van der Waals surface area (Å²) in [5.41, 5.74) is 16.6. The van der Waals surface area contributed by atoms with Crippen LogP contribution < -0.4 is 4.90 Å². The first-order chi connectivity index (χ1) is 31.7. The molecule has 3 aromatic heterocycles. The molecule has 10 aromatic carbocycles. The van der Waals surface area contributed by atoms with Crippen molar-refractivity contribution in [3.8, 4) is 33.6 Å². The summed E-state index contributed by atoms with van der Waals surface area (Å²) in [6, 6.07) is 85.2. The van der Waals surface area contributed by atoms with E-state index in [9.17, 15) is 0 Å². The minimum atomic E-state index is 0.894. The van der Waals surface area contributed by atoms with Crippen LogP contribution in [0.2, 0.25) is 0 Å². The molecule has 3 heterocycles. The molecular formula is C60H39N3O. The fourth-order valence-electron chi connectivity index (χ4n) is 9.88. The van der Waals surface area contributed by atoms with Crippen LogP contribution in [0.4, 0.5) is 17.1 Å². The molecule has 4 nitrogen and oxygen atoms in total. The second kappa shape index (κ2) is 14.5. The van der Waals surface area contributed by atoms with Crippen molar-refractivity contribution < 1.29 is 4.42 Å². The minimum Gasteiger partial charge on any atom is -0.454 e. The van der Waals surface area contributed by atoms with E-state index in [1.54, 1.807) is 0 Å². The van der Waals surface area contributed by atoms with Crippen LogP contribution in [-0.4, -0.2) is 9.13 Å². The lowest BCUT2D eigenvalue weighted by atomic mass is 9.99. The van der Waals surface area contributed by atoms with Gasteiger partial charge in [-0.3, -0.25) is 0 Å². The van der Waals surface area contributed by atoms with Gasteiger partial charge in [-0.1, -0.05) is 133 Å². The quantitative estimate of drug-likeness (QED) is 0.160. The van der Waals surface area contributed by atoms with Crippen LogP contribution in [0, 0.1) is 0 Å². The van der Waals surface area contributed by atoms with E-state index < -0.39 is 0 Å². The molecule has 0 N–H and O–H groups in total. The molecule has 0 aliphatic carbocycles. The van der Waals surface area contributed by atoms with Crippen molar-refractivity contribution >= 4 is 82.6 Å². The number of fused-ring (bicyclic) bond motifs is 9. The number of hydrogen-bond donors (Lipinski definition) is 0. The lowest BCUT2D eigenvalue weighted by Gasteiger charge is -2.26. The van der Waals surface area contributed by atoms with Crippen molar-refractivity contribution in [2.45, 2.75) is 0 Å². The number of nitrogens with zero attached hydrogens (tertiary/aromatic N) is 3.